The van der Waals surface area contributed by atoms with E-state index in [0.29, 0.717) is 11.1 Å². The van der Waals surface area contributed by atoms with E-state index in [0.717, 1.165) is 0 Å². The van der Waals surface area contributed by atoms with Gasteiger partial charge >= 0.3 is 11.9 Å². The molecule has 22 heavy (non-hydrogen) atoms. The minimum Gasteiger partial charge on any atom is -0.480 e. The number of alkyl halides is 2. The second-order valence-electron chi connectivity index (χ2n) is 4.22. The van der Waals surface area contributed by atoms with Crippen molar-refractivity contribution in [1.82, 2.24) is 0 Å². The molecule has 2 aromatic rings. The van der Waals surface area contributed by atoms with E-state index in [4.69, 9.17) is 33.4 Å². The van der Waals surface area contributed by atoms with E-state index in [-0.39, 0.29) is 0 Å². The maximum absolute atomic E-state index is 10.4. The summed E-state index contributed by atoms with van der Waals surface area (Å²) >= 11 is 11.1. The van der Waals surface area contributed by atoms with Crippen LogP contribution in [0.2, 0.25) is 0 Å². The first-order chi connectivity index (χ1) is 10.4. The van der Waals surface area contributed by atoms with Gasteiger partial charge in [0.25, 0.3) is 0 Å². The number of benzene rings is 2. The lowest BCUT2D eigenvalue weighted by atomic mass is 10.1. The van der Waals surface area contributed by atoms with E-state index < -0.39 is 22.7 Å². The van der Waals surface area contributed by atoms with Crippen molar-refractivity contribution in [3.63, 3.8) is 0 Å². The van der Waals surface area contributed by atoms with E-state index >= 15 is 0 Å². The van der Waals surface area contributed by atoms with Gasteiger partial charge in [0.1, 0.15) is 0 Å². The molecular weight excluding hydrogens is 327 g/mol. The Morgan fingerprint density at radius 1 is 0.682 bits per heavy atom. The molecule has 0 aromatic heterocycles. The quantitative estimate of drug-likeness (QED) is 0.821. The molecule has 0 heterocycles. The zero-order valence-electron chi connectivity index (χ0n) is 11.4. The van der Waals surface area contributed by atoms with Crippen LogP contribution in [0.4, 0.5) is 0 Å². The van der Waals surface area contributed by atoms with Crippen molar-refractivity contribution in [3.8, 4) is 0 Å². The van der Waals surface area contributed by atoms with Gasteiger partial charge in [0.05, 0.1) is 0 Å². The van der Waals surface area contributed by atoms with E-state index in [1.165, 1.54) is 0 Å². The second-order valence-corrected chi connectivity index (χ2v) is 5.10. The van der Waals surface area contributed by atoms with Crippen molar-refractivity contribution < 1.29 is 19.8 Å². The molecule has 0 aliphatic rings. The van der Waals surface area contributed by atoms with Crippen LogP contribution in [-0.2, 0) is 9.59 Å². The molecule has 0 fully saturated rings. The maximum atomic E-state index is 10.4. The third kappa shape index (κ3) is 5.76. The third-order valence-electron chi connectivity index (χ3n) is 2.62. The van der Waals surface area contributed by atoms with Crippen molar-refractivity contribution in [2.45, 2.75) is 10.8 Å². The van der Waals surface area contributed by atoms with Crippen LogP contribution in [0, 0.1) is 0 Å². The van der Waals surface area contributed by atoms with Crippen molar-refractivity contribution in [2.75, 3.05) is 0 Å². The largest absolute Gasteiger partial charge is 0.480 e. The van der Waals surface area contributed by atoms with Crippen LogP contribution in [0.1, 0.15) is 21.9 Å². The van der Waals surface area contributed by atoms with Gasteiger partial charge in [-0.1, -0.05) is 60.7 Å². The lowest BCUT2D eigenvalue weighted by Gasteiger charge is -2.01. The van der Waals surface area contributed by atoms with E-state index in [2.05, 4.69) is 0 Å². The Kier molecular flexibility index (Phi) is 7.43. The highest BCUT2D eigenvalue weighted by Crippen LogP contribution is 2.20. The summed E-state index contributed by atoms with van der Waals surface area (Å²) in [6, 6.07) is 17.4. The minimum atomic E-state index is -1.02. The zero-order chi connectivity index (χ0) is 16.5. The van der Waals surface area contributed by atoms with Gasteiger partial charge in [-0.25, -0.2) is 0 Å². The molecule has 2 atom stereocenters. The Balaban J connectivity index is 0.000000220. The minimum absolute atomic E-state index is 0.613. The summed E-state index contributed by atoms with van der Waals surface area (Å²) in [6.07, 6.45) is 0. The zero-order valence-corrected chi connectivity index (χ0v) is 12.9. The Bertz CT molecular complexity index is 547. The Hall–Kier alpha value is -2.04. The normalized spacial score (nSPS) is 12.5. The highest BCUT2D eigenvalue weighted by molar-refractivity contribution is 6.30. The predicted molar refractivity (Wildman–Crippen MR) is 85.3 cm³/mol. The van der Waals surface area contributed by atoms with Gasteiger partial charge in [0.15, 0.2) is 10.8 Å². The number of aliphatic carboxylic acids is 2. The summed E-state index contributed by atoms with van der Waals surface area (Å²) in [5, 5.41) is 15.1. The maximum Gasteiger partial charge on any atom is 0.326 e. The first-order valence-electron chi connectivity index (χ1n) is 6.27. The van der Waals surface area contributed by atoms with Crippen molar-refractivity contribution in [1.29, 1.82) is 0 Å². The summed E-state index contributed by atoms with van der Waals surface area (Å²) in [5.41, 5.74) is 1.23. The molecule has 0 aliphatic carbocycles. The SMILES string of the molecule is O=C(O)C(Cl)c1ccccc1.O=C(O)C(Cl)c1ccccc1. The van der Waals surface area contributed by atoms with Crippen LogP contribution in [-0.4, -0.2) is 22.2 Å². The first kappa shape index (κ1) is 18.0. The van der Waals surface area contributed by atoms with Crippen molar-refractivity contribution >= 4 is 35.1 Å². The van der Waals surface area contributed by atoms with Gasteiger partial charge in [0.2, 0.25) is 0 Å². The predicted octanol–water partition coefficient (Wildman–Crippen LogP) is 4.10. The lowest BCUT2D eigenvalue weighted by Crippen LogP contribution is -2.04. The molecule has 0 spiro atoms. The average molecular weight is 341 g/mol. The Morgan fingerprint density at radius 3 is 1.18 bits per heavy atom. The van der Waals surface area contributed by atoms with Gasteiger partial charge in [-0.2, -0.15) is 0 Å². The Morgan fingerprint density at radius 2 is 0.955 bits per heavy atom. The molecule has 0 saturated heterocycles. The van der Waals surface area contributed by atoms with Gasteiger partial charge in [-0.3, -0.25) is 9.59 Å². The number of hydrogen-bond acceptors (Lipinski definition) is 2. The number of rotatable bonds is 4. The van der Waals surface area contributed by atoms with Crippen LogP contribution in [0.5, 0.6) is 0 Å². The molecule has 2 aromatic carbocycles. The highest BCUT2D eigenvalue weighted by Gasteiger charge is 2.15. The second kappa shape index (κ2) is 9.07. The molecule has 2 rings (SSSR count). The topological polar surface area (TPSA) is 74.6 Å². The number of hydrogen-bond donors (Lipinski definition) is 2. The molecule has 0 bridgehead atoms. The number of halogens is 2. The molecule has 2 N–H and O–H groups in total. The molecule has 2 unspecified atom stereocenters. The fraction of sp³-hybridized carbons (Fsp3) is 0.125. The van der Waals surface area contributed by atoms with Crippen LogP contribution in [0.15, 0.2) is 60.7 Å². The smallest absolute Gasteiger partial charge is 0.326 e. The Labute approximate surface area is 137 Å². The summed E-state index contributed by atoms with van der Waals surface area (Å²) in [5.74, 6) is -2.03. The fourth-order valence-corrected chi connectivity index (χ4v) is 1.82. The van der Waals surface area contributed by atoms with Crippen molar-refractivity contribution in [2.24, 2.45) is 0 Å². The molecule has 116 valence electrons. The average Bonchev–Trinajstić information content (AvgIpc) is 2.55. The van der Waals surface area contributed by atoms with E-state index in [1.54, 1.807) is 48.5 Å². The summed E-state index contributed by atoms with van der Waals surface area (Å²) in [6.45, 7) is 0. The molecule has 0 saturated carbocycles. The van der Waals surface area contributed by atoms with Crippen molar-refractivity contribution in [3.05, 3.63) is 71.8 Å². The van der Waals surface area contributed by atoms with Gasteiger partial charge < -0.3 is 10.2 Å². The van der Waals surface area contributed by atoms with Crippen LogP contribution < -0.4 is 0 Å². The monoisotopic (exact) mass is 340 g/mol. The highest BCUT2D eigenvalue weighted by atomic mass is 35.5. The fourth-order valence-electron chi connectivity index (χ4n) is 1.53. The van der Waals surface area contributed by atoms with Gasteiger partial charge in [-0.15, -0.1) is 23.2 Å². The van der Waals surface area contributed by atoms with Crippen LogP contribution in [0.25, 0.3) is 0 Å². The molecular formula is C16H14Cl2O4. The van der Waals surface area contributed by atoms with Crippen LogP contribution in [0.3, 0.4) is 0 Å². The number of carbonyl (C=O) groups is 2. The number of carboxylic acid groups (broad SMARTS) is 2. The first-order valence-corrected chi connectivity index (χ1v) is 7.14. The summed E-state index contributed by atoms with van der Waals surface area (Å²) < 4.78 is 0. The summed E-state index contributed by atoms with van der Waals surface area (Å²) in [4.78, 5) is 20.7. The summed E-state index contributed by atoms with van der Waals surface area (Å²) in [7, 11) is 0. The molecule has 0 amide bonds. The molecule has 0 radical (unpaired) electrons. The third-order valence-corrected chi connectivity index (χ3v) is 3.50. The standard InChI is InChI=1S/2C8H7ClO2/c2*9-7(8(10)11)6-4-2-1-3-5-6/h2*1-5,7H,(H,10,11). The van der Waals surface area contributed by atoms with Crippen LogP contribution >= 0.6 is 23.2 Å². The molecule has 6 heteroatoms. The van der Waals surface area contributed by atoms with E-state index in [1.807, 2.05) is 12.1 Å². The molecule has 4 nitrogen and oxygen atoms in total. The van der Waals surface area contributed by atoms with Gasteiger partial charge in [-0.05, 0) is 11.1 Å². The lowest BCUT2D eigenvalue weighted by molar-refractivity contribution is -0.137. The number of carboxylic acids is 2. The van der Waals surface area contributed by atoms with Gasteiger partial charge in [0, 0.05) is 0 Å². The molecule has 0 aliphatic heterocycles. The van der Waals surface area contributed by atoms with E-state index in [9.17, 15) is 9.59 Å².